The minimum absolute atomic E-state index is 0.00732. The number of imide groups is 1. The van der Waals surface area contributed by atoms with Gasteiger partial charge in [-0.3, -0.25) is 15.0 Å². The van der Waals surface area contributed by atoms with E-state index in [-0.39, 0.29) is 25.1 Å². The first-order chi connectivity index (χ1) is 7.51. The van der Waals surface area contributed by atoms with E-state index in [1.807, 2.05) is 13.8 Å². The van der Waals surface area contributed by atoms with E-state index in [0.29, 0.717) is 13.1 Å². The molecule has 0 aliphatic carbocycles. The van der Waals surface area contributed by atoms with Gasteiger partial charge in [0.1, 0.15) is 0 Å². The number of hydrogen-bond acceptors (Lipinski definition) is 4. The molecule has 0 spiro atoms. The summed E-state index contributed by atoms with van der Waals surface area (Å²) >= 11 is 0. The van der Waals surface area contributed by atoms with Crippen LogP contribution in [0.2, 0.25) is 0 Å². The van der Waals surface area contributed by atoms with Crippen LogP contribution in [0.1, 0.15) is 20.8 Å². The van der Waals surface area contributed by atoms with Crippen molar-refractivity contribution in [1.82, 2.24) is 15.5 Å². The second kappa shape index (κ2) is 8.06. The first kappa shape index (κ1) is 14.9. The number of amides is 3. The maximum absolute atomic E-state index is 11.4. The summed E-state index contributed by atoms with van der Waals surface area (Å²) in [5.41, 5.74) is 0. The summed E-state index contributed by atoms with van der Waals surface area (Å²) in [7, 11) is 0. The lowest BCUT2D eigenvalue weighted by Crippen LogP contribution is -2.46. The molecule has 6 nitrogen and oxygen atoms in total. The molecule has 0 rings (SSSR count). The number of nitrogens with one attached hydrogen (secondary N) is 2. The Labute approximate surface area is 96.0 Å². The van der Waals surface area contributed by atoms with Crippen LogP contribution in [0.15, 0.2) is 0 Å². The number of carbonyl (C=O) groups is 2. The van der Waals surface area contributed by atoms with Crippen LogP contribution in [0.3, 0.4) is 0 Å². The highest BCUT2D eigenvalue weighted by Crippen LogP contribution is 1.96. The van der Waals surface area contributed by atoms with Crippen molar-refractivity contribution in [1.29, 1.82) is 0 Å². The van der Waals surface area contributed by atoms with Gasteiger partial charge in [-0.2, -0.15) is 0 Å². The summed E-state index contributed by atoms with van der Waals surface area (Å²) in [4.78, 5) is 24.3. The quantitative estimate of drug-likeness (QED) is 0.577. The Morgan fingerprint density at radius 2 is 2.00 bits per heavy atom. The van der Waals surface area contributed by atoms with Crippen LogP contribution in [0.25, 0.3) is 0 Å². The number of aliphatic hydroxyl groups excluding tert-OH is 1. The van der Waals surface area contributed by atoms with Gasteiger partial charge in [-0.1, -0.05) is 0 Å². The second-order valence-electron chi connectivity index (χ2n) is 3.70. The maximum Gasteiger partial charge on any atom is 0.321 e. The first-order valence-corrected chi connectivity index (χ1v) is 5.43. The molecule has 0 aliphatic rings. The fourth-order valence-electron chi connectivity index (χ4n) is 1.20. The van der Waals surface area contributed by atoms with Gasteiger partial charge in [0, 0.05) is 19.1 Å². The Hall–Kier alpha value is -1.14. The monoisotopic (exact) mass is 231 g/mol. The van der Waals surface area contributed by atoms with Crippen LogP contribution in [0.4, 0.5) is 4.79 Å². The van der Waals surface area contributed by atoms with Crippen LogP contribution in [0, 0.1) is 0 Å². The molecule has 6 heteroatoms. The average molecular weight is 231 g/mol. The van der Waals surface area contributed by atoms with E-state index in [0.717, 1.165) is 0 Å². The third-order valence-electron chi connectivity index (χ3n) is 2.05. The SMILES string of the molecule is CCNC(=O)NC(=O)CN(CCO)C(C)C. The first-order valence-electron chi connectivity index (χ1n) is 5.43. The maximum atomic E-state index is 11.4. The molecular formula is C10H21N3O3. The Kier molecular flexibility index (Phi) is 7.49. The van der Waals surface area contributed by atoms with Gasteiger partial charge < -0.3 is 10.4 Å². The molecule has 0 unspecified atom stereocenters. The van der Waals surface area contributed by atoms with Gasteiger partial charge in [0.05, 0.1) is 13.2 Å². The minimum Gasteiger partial charge on any atom is -0.395 e. The van der Waals surface area contributed by atoms with Gasteiger partial charge in [-0.15, -0.1) is 0 Å². The second-order valence-corrected chi connectivity index (χ2v) is 3.70. The van der Waals surface area contributed by atoms with Crippen LogP contribution in [-0.2, 0) is 4.79 Å². The number of hydrogen-bond donors (Lipinski definition) is 3. The molecule has 0 aromatic rings. The highest BCUT2D eigenvalue weighted by molar-refractivity contribution is 5.95. The van der Waals surface area contributed by atoms with Crippen LogP contribution < -0.4 is 10.6 Å². The largest absolute Gasteiger partial charge is 0.395 e. The number of carbonyl (C=O) groups excluding carboxylic acids is 2. The van der Waals surface area contributed by atoms with E-state index >= 15 is 0 Å². The van der Waals surface area contributed by atoms with Gasteiger partial charge >= 0.3 is 6.03 Å². The lowest BCUT2D eigenvalue weighted by atomic mass is 10.3. The molecule has 0 radical (unpaired) electrons. The molecule has 0 saturated carbocycles. The third kappa shape index (κ3) is 6.36. The lowest BCUT2D eigenvalue weighted by Gasteiger charge is -2.24. The summed E-state index contributed by atoms with van der Waals surface area (Å²) < 4.78 is 0. The fraction of sp³-hybridized carbons (Fsp3) is 0.800. The minimum atomic E-state index is -0.486. The molecule has 0 bridgehead atoms. The number of urea groups is 1. The molecule has 0 heterocycles. The van der Waals surface area contributed by atoms with Crippen LogP contribution in [0.5, 0.6) is 0 Å². The Morgan fingerprint density at radius 3 is 2.44 bits per heavy atom. The topological polar surface area (TPSA) is 81.7 Å². The van der Waals surface area contributed by atoms with Crippen molar-refractivity contribution in [3.63, 3.8) is 0 Å². The van der Waals surface area contributed by atoms with Crippen molar-refractivity contribution in [2.24, 2.45) is 0 Å². The van der Waals surface area contributed by atoms with Gasteiger partial charge in [-0.25, -0.2) is 4.79 Å². The van der Waals surface area contributed by atoms with Gasteiger partial charge in [0.25, 0.3) is 0 Å². The highest BCUT2D eigenvalue weighted by Gasteiger charge is 2.14. The summed E-state index contributed by atoms with van der Waals surface area (Å²) in [5.74, 6) is -0.367. The summed E-state index contributed by atoms with van der Waals surface area (Å²) in [5, 5.41) is 13.5. The molecule has 16 heavy (non-hydrogen) atoms. The number of aliphatic hydroxyl groups is 1. The number of nitrogens with zero attached hydrogens (tertiary/aromatic N) is 1. The molecule has 0 aromatic carbocycles. The van der Waals surface area contributed by atoms with Crippen molar-refractivity contribution < 1.29 is 14.7 Å². The van der Waals surface area contributed by atoms with Crippen LogP contribution in [-0.4, -0.2) is 54.2 Å². The van der Waals surface area contributed by atoms with E-state index in [2.05, 4.69) is 10.6 Å². The van der Waals surface area contributed by atoms with Crippen molar-refractivity contribution in [3.8, 4) is 0 Å². The van der Waals surface area contributed by atoms with E-state index < -0.39 is 6.03 Å². The standard InChI is InChI=1S/C10H21N3O3/c1-4-11-10(16)12-9(15)7-13(5-6-14)8(2)3/h8,14H,4-7H2,1-3H3,(H2,11,12,15,16). The van der Waals surface area contributed by atoms with Crippen molar-refractivity contribution >= 4 is 11.9 Å². The number of rotatable bonds is 6. The molecule has 94 valence electrons. The van der Waals surface area contributed by atoms with E-state index in [1.165, 1.54) is 0 Å². The molecule has 3 amide bonds. The molecule has 0 fully saturated rings. The van der Waals surface area contributed by atoms with Gasteiger partial charge in [-0.05, 0) is 20.8 Å². The fourth-order valence-corrected chi connectivity index (χ4v) is 1.20. The molecule has 0 saturated heterocycles. The zero-order chi connectivity index (χ0) is 12.6. The zero-order valence-corrected chi connectivity index (χ0v) is 10.1. The zero-order valence-electron chi connectivity index (χ0n) is 10.1. The lowest BCUT2D eigenvalue weighted by molar-refractivity contribution is -0.121. The Balaban J connectivity index is 4.04. The predicted octanol–water partition coefficient (Wildman–Crippen LogP) is -0.465. The molecule has 3 N–H and O–H groups in total. The van der Waals surface area contributed by atoms with Crippen molar-refractivity contribution in [3.05, 3.63) is 0 Å². The highest BCUT2D eigenvalue weighted by atomic mass is 16.3. The van der Waals surface area contributed by atoms with E-state index in [1.54, 1.807) is 11.8 Å². The van der Waals surface area contributed by atoms with E-state index in [9.17, 15) is 9.59 Å². The van der Waals surface area contributed by atoms with Crippen LogP contribution >= 0.6 is 0 Å². The Bertz CT molecular complexity index is 231. The van der Waals surface area contributed by atoms with Gasteiger partial charge in [0.2, 0.25) is 5.91 Å². The van der Waals surface area contributed by atoms with Gasteiger partial charge in [0.15, 0.2) is 0 Å². The molecule has 0 aromatic heterocycles. The average Bonchev–Trinajstić information content (AvgIpc) is 2.16. The van der Waals surface area contributed by atoms with Crippen molar-refractivity contribution in [2.45, 2.75) is 26.8 Å². The molecular weight excluding hydrogens is 210 g/mol. The predicted molar refractivity (Wildman–Crippen MR) is 61.0 cm³/mol. The molecule has 0 aliphatic heterocycles. The summed E-state index contributed by atoms with van der Waals surface area (Å²) in [6.45, 7) is 6.62. The smallest absolute Gasteiger partial charge is 0.321 e. The Morgan fingerprint density at radius 1 is 1.38 bits per heavy atom. The van der Waals surface area contributed by atoms with Crippen molar-refractivity contribution in [2.75, 3.05) is 26.2 Å². The third-order valence-corrected chi connectivity index (χ3v) is 2.05. The molecule has 0 atom stereocenters. The van der Waals surface area contributed by atoms with E-state index in [4.69, 9.17) is 5.11 Å². The normalized spacial score (nSPS) is 10.6. The summed E-state index contributed by atoms with van der Waals surface area (Å²) in [6, 6.07) is -0.340. The summed E-state index contributed by atoms with van der Waals surface area (Å²) in [6.07, 6.45) is 0.